The van der Waals surface area contributed by atoms with E-state index in [0.717, 1.165) is 27.8 Å². The average molecular weight is 525 g/mol. The van der Waals surface area contributed by atoms with Gasteiger partial charge in [0.2, 0.25) is 5.95 Å². The number of anilines is 3. The first-order chi connectivity index (χ1) is 18.5. The Morgan fingerprint density at radius 1 is 0.921 bits per heavy atom. The van der Waals surface area contributed by atoms with Crippen molar-refractivity contribution in [1.82, 2.24) is 14.5 Å². The van der Waals surface area contributed by atoms with Crippen molar-refractivity contribution < 1.29 is 4.79 Å². The molecule has 2 aromatic heterocycles. The van der Waals surface area contributed by atoms with Gasteiger partial charge in [0.1, 0.15) is 11.4 Å². The van der Waals surface area contributed by atoms with E-state index in [9.17, 15) is 9.59 Å². The van der Waals surface area contributed by atoms with Crippen molar-refractivity contribution in [3.63, 3.8) is 0 Å². The monoisotopic (exact) mass is 524 g/mol. The lowest BCUT2D eigenvalue weighted by atomic mass is 10.2. The Bertz CT molecular complexity index is 1670. The summed E-state index contributed by atoms with van der Waals surface area (Å²) in [5.41, 5.74) is 2.98. The molecular formula is C29H25ClN6O2. The quantitative estimate of drug-likeness (QED) is 0.251. The molecule has 0 unspecified atom stereocenters. The highest BCUT2D eigenvalue weighted by molar-refractivity contribution is 6.30. The number of fused-ring (bicyclic) bond motifs is 1. The molecule has 5 aromatic rings. The average Bonchev–Trinajstić information content (AvgIpc) is 2.93. The summed E-state index contributed by atoms with van der Waals surface area (Å²) < 4.78 is 1.49. The van der Waals surface area contributed by atoms with Crippen LogP contribution in [0.1, 0.15) is 21.5 Å². The molecule has 1 amide bonds. The number of aromatic nitrogens is 3. The molecule has 8 nitrogen and oxygen atoms in total. The number of amides is 1. The van der Waals surface area contributed by atoms with Crippen LogP contribution in [-0.2, 0) is 13.1 Å². The SMILES string of the molecule is CNc1nc(NCc2ccc(NC(=O)c3cccn(Cc4cccc(Cl)c4)c3=O)cc2)nc2ccccc12. The molecular weight excluding hydrogens is 500 g/mol. The number of hydrogen-bond donors (Lipinski definition) is 3. The first-order valence-electron chi connectivity index (χ1n) is 12.0. The third-order valence-electron chi connectivity index (χ3n) is 6.01. The summed E-state index contributed by atoms with van der Waals surface area (Å²) in [7, 11) is 1.83. The number of nitrogens with zero attached hydrogens (tertiary/aromatic N) is 3. The molecule has 38 heavy (non-hydrogen) atoms. The number of nitrogens with one attached hydrogen (secondary N) is 3. The third-order valence-corrected chi connectivity index (χ3v) is 6.24. The van der Waals surface area contributed by atoms with Crippen LogP contribution in [0.15, 0.2) is 95.9 Å². The number of pyridine rings is 1. The standard InChI is InChI=1S/C29H25ClN6O2/c1-31-26-23-8-2-3-10-25(23)34-29(35-26)32-17-19-11-13-22(14-12-19)33-27(37)24-9-5-15-36(28(24)38)18-20-6-4-7-21(30)16-20/h2-16H,17-18H2,1H3,(H,33,37)(H2,31,32,34,35). The van der Waals surface area contributed by atoms with Crippen LogP contribution in [0.25, 0.3) is 10.9 Å². The number of hydrogen-bond acceptors (Lipinski definition) is 6. The Hall–Kier alpha value is -4.69. The molecule has 190 valence electrons. The minimum Gasteiger partial charge on any atom is -0.372 e. The minimum absolute atomic E-state index is 0.0639. The molecule has 2 heterocycles. The fourth-order valence-electron chi connectivity index (χ4n) is 4.10. The van der Waals surface area contributed by atoms with Crippen LogP contribution >= 0.6 is 11.6 Å². The lowest BCUT2D eigenvalue weighted by Crippen LogP contribution is -2.29. The highest BCUT2D eigenvalue weighted by Crippen LogP contribution is 2.21. The zero-order valence-electron chi connectivity index (χ0n) is 20.6. The molecule has 0 aliphatic carbocycles. The van der Waals surface area contributed by atoms with Crippen LogP contribution in [0.5, 0.6) is 0 Å². The molecule has 0 spiro atoms. The fourth-order valence-corrected chi connectivity index (χ4v) is 4.31. The summed E-state index contributed by atoms with van der Waals surface area (Å²) in [4.78, 5) is 34.9. The largest absolute Gasteiger partial charge is 0.372 e. The molecule has 3 aromatic carbocycles. The Kier molecular flexibility index (Phi) is 7.33. The summed E-state index contributed by atoms with van der Waals surface area (Å²) >= 11 is 6.05. The van der Waals surface area contributed by atoms with Crippen LogP contribution < -0.4 is 21.5 Å². The van der Waals surface area contributed by atoms with Gasteiger partial charge in [-0.1, -0.05) is 48.0 Å². The topological polar surface area (TPSA) is 101 Å². The lowest BCUT2D eigenvalue weighted by Gasteiger charge is -2.11. The van der Waals surface area contributed by atoms with Crippen LogP contribution in [0.3, 0.4) is 0 Å². The van der Waals surface area contributed by atoms with Gasteiger partial charge in [-0.2, -0.15) is 4.98 Å². The molecule has 0 radical (unpaired) electrons. The van der Waals surface area contributed by atoms with Gasteiger partial charge in [0, 0.05) is 35.9 Å². The van der Waals surface area contributed by atoms with Crippen molar-refractivity contribution in [2.45, 2.75) is 13.1 Å². The Morgan fingerprint density at radius 2 is 1.74 bits per heavy atom. The van der Waals surface area contributed by atoms with Gasteiger partial charge in [-0.15, -0.1) is 0 Å². The highest BCUT2D eigenvalue weighted by atomic mass is 35.5. The van der Waals surface area contributed by atoms with Gasteiger partial charge in [-0.3, -0.25) is 9.59 Å². The first-order valence-corrected chi connectivity index (χ1v) is 12.4. The maximum absolute atomic E-state index is 12.9. The minimum atomic E-state index is -0.467. The second kappa shape index (κ2) is 11.1. The van der Waals surface area contributed by atoms with E-state index in [2.05, 4.69) is 25.9 Å². The lowest BCUT2D eigenvalue weighted by molar-refractivity contribution is 0.102. The second-order valence-corrected chi connectivity index (χ2v) is 9.09. The Labute approximate surface area is 224 Å². The Morgan fingerprint density at radius 3 is 2.53 bits per heavy atom. The summed E-state index contributed by atoms with van der Waals surface area (Å²) in [5, 5.41) is 10.7. The predicted octanol–water partition coefficient (Wildman–Crippen LogP) is 5.40. The van der Waals surface area contributed by atoms with Crippen molar-refractivity contribution >= 4 is 45.9 Å². The molecule has 0 bridgehead atoms. The van der Waals surface area contributed by atoms with Gasteiger partial charge >= 0.3 is 0 Å². The van der Waals surface area contributed by atoms with E-state index in [-0.39, 0.29) is 11.1 Å². The van der Waals surface area contributed by atoms with Crippen molar-refractivity contribution in [3.8, 4) is 0 Å². The van der Waals surface area contributed by atoms with Gasteiger partial charge in [0.05, 0.1) is 12.1 Å². The van der Waals surface area contributed by atoms with Gasteiger partial charge in [0.15, 0.2) is 0 Å². The highest BCUT2D eigenvalue weighted by Gasteiger charge is 2.13. The smallest absolute Gasteiger partial charge is 0.263 e. The molecule has 0 atom stereocenters. The van der Waals surface area contributed by atoms with Crippen molar-refractivity contribution in [1.29, 1.82) is 0 Å². The maximum Gasteiger partial charge on any atom is 0.263 e. The van der Waals surface area contributed by atoms with Gasteiger partial charge in [-0.25, -0.2) is 4.98 Å². The number of carbonyl (C=O) groups excluding carboxylic acids is 1. The van der Waals surface area contributed by atoms with Gasteiger partial charge in [0.25, 0.3) is 11.5 Å². The number of halogens is 1. The van der Waals surface area contributed by atoms with Crippen LogP contribution in [0, 0.1) is 0 Å². The molecule has 5 rings (SSSR count). The summed E-state index contributed by atoms with van der Waals surface area (Å²) in [6.45, 7) is 0.821. The number of benzene rings is 3. The second-order valence-electron chi connectivity index (χ2n) is 8.65. The van der Waals surface area contributed by atoms with Crippen LogP contribution in [0.2, 0.25) is 5.02 Å². The first kappa shape index (κ1) is 25.0. The number of para-hydroxylation sites is 1. The molecule has 3 N–H and O–H groups in total. The number of carbonyl (C=O) groups is 1. The van der Waals surface area contributed by atoms with Gasteiger partial charge < -0.3 is 20.5 Å². The van der Waals surface area contributed by atoms with E-state index >= 15 is 0 Å². The van der Waals surface area contributed by atoms with E-state index in [4.69, 9.17) is 11.6 Å². The normalized spacial score (nSPS) is 10.8. The molecule has 0 fully saturated rings. The van der Waals surface area contributed by atoms with Crippen molar-refractivity contribution in [3.05, 3.63) is 123 Å². The van der Waals surface area contributed by atoms with Crippen LogP contribution in [-0.4, -0.2) is 27.5 Å². The zero-order chi connectivity index (χ0) is 26.5. The summed E-state index contributed by atoms with van der Waals surface area (Å²) in [5.74, 6) is 0.803. The van der Waals surface area contributed by atoms with E-state index in [1.165, 1.54) is 10.6 Å². The molecule has 0 saturated heterocycles. The summed E-state index contributed by atoms with van der Waals surface area (Å²) in [6.07, 6.45) is 1.65. The molecule has 0 aliphatic rings. The third kappa shape index (κ3) is 5.66. The molecule has 0 saturated carbocycles. The summed E-state index contributed by atoms with van der Waals surface area (Å²) in [6, 6.07) is 25.7. The zero-order valence-corrected chi connectivity index (χ0v) is 21.4. The van der Waals surface area contributed by atoms with Crippen molar-refractivity contribution in [2.24, 2.45) is 0 Å². The molecule has 9 heteroatoms. The van der Waals surface area contributed by atoms with E-state index in [0.29, 0.717) is 29.7 Å². The number of rotatable bonds is 8. The fraction of sp³-hybridized carbons (Fsp3) is 0.103. The van der Waals surface area contributed by atoms with E-state index in [1.807, 2.05) is 55.6 Å². The van der Waals surface area contributed by atoms with Crippen LogP contribution in [0.4, 0.5) is 17.5 Å². The molecule has 0 aliphatic heterocycles. The van der Waals surface area contributed by atoms with E-state index < -0.39 is 5.91 Å². The maximum atomic E-state index is 12.9. The predicted molar refractivity (Wildman–Crippen MR) is 152 cm³/mol. The van der Waals surface area contributed by atoms with Gasteiger partial charge in [-0.05, 0) is 59.7 Å². The Balaban J connectivity index is 1.24. The van der Waals surface area contributed by atoms with E-state index in [1.54, 1.807) is 36.5 Å². The van der Waals surface area contributed by atoms with Crippen molar-refractivity contribution in [2.75, 3.05) is 23.0 Å².